The summed E-state index contributed by atoms with van der Waals surface area (Å²) in [5.74, 6) is -0.0537. The summed E-state index contributed by atoms with van der Waals surface area (Å²) in [5, 5.41) is 5.73. The molecule has 0 saturated heterocycles. The maximum absolute atomic E-state index is 11.4. The van der Waals surface area contributed by atoms with E-state index in [2.05, 4.69) is 25.3 Å². The molecule has 0 atom stereocenters. The second-order valence-corrected chi connectivity index (χ2v) is 4.18. The predicted molar refractivity (Wildman–Crippen MR) is 69.8 cm³/mol. The Labute approximate surface area is 111 Å². The van der Waals surface area contributed by atoms with Crippen molar-refractivity contribution in [1.29, 1.82) is 0 Å². The molecule has 1 rings (SSSR count). The van der Waals surface area contributed by atoms with Crippen molar-refractivity contribution in [2.75, 3.05) is 19.0 Å². The van der Waals surface area contributed by atoms with Crippen molar-refractivity contribution in [3.8, 4) is 0 Å². The lowest BCUT2D eigenvalue weighted by Gasteiger charge is -2.09. The quantitative estimate of drug-likeness (QED) is 0.732. The van der Waals surface area contributed by atoms with Gasteiger partial charge in [-0.25, -0.2) is 14.8 Å². The molecule has 2 N–H and O–H groups in total. The second-order valence-electron chi connectivity index (χ2n) is 4.18. The first-order chi connectivity index (χ1) is 9.02. The first-order valence-electron chi connectivity index (χ1n) is 5.96. The number of hydrogen-bond acceptors (Lipinski definition) is 6. The molecular weight excluding hydrogens is 248 g/mol. The summed E-state index contributed by atoms with van der Waals surface area (Å²) in [6.07, 6.45) is 3.09. The molecule has 104 valence electrons. The van der Waals surface area contributed by atoms with Gasteiger partial charge < -0.3 is 15.4 Å². The first-order valence-corrected chi connectivity index (χ1v) is 5.96. The van der Waals surface area contributed by atoms with Crippen molar-refractivity contribution in [2.45, 2.75) is 26.3 Å². The van der Waals surface area contributed by atoms with Gasteiger partial charge in [-0.1, -0.05) is 0 Å². The normalized spacial score (nSPS) is 10.1. The van der Waals surface area contributed by atoms with Crippen molar-refractivity contribution >= 4 is 17.7 Å². The number of carbonyl (C=O) groups is 2. The number of anilines is 1. The van der Waals surface area contributed by atoms with Crippen LogP contribution in [0.3, 0.4) is 0 Å². The van der Waals surface area contributed by atoms with Crippen LogP contribution in [0.15, 0.2) is 12.4 Å². The monoisotopic (exact) mass is 266 g/mol. The number of esters is 1. The van der Waals surface area contributed by atoms with Gasteiger partial charge in [0.2, 0.25) is 5.91 Å². The fourth-order valence-corrected chi connectivity index (χ4v) is 1.33. The van der Waals surface area contributed by atoms with E-state index in [1.807, 2.05) is 13.8 Å². The molecule has 0 aliphatic heterocycles. The Morgan fingerprint density at radius 1 is 1.32 bits per heavy atom. The minimum atomic E-state index is -0.532. The fourth-order valence-electron chi connectivity index (χ4n) is 1.33. The highest BCUT2D eigenvalue weighted by Gasteiger charge is 2.07. The number of aromatic nitrogens is 2. The summed E-state index contributed by atoms with van der Waals surface area (Å²) in [5.41, 5.74) is 0.144. The van der Waals surface area contributed by atoms with Gasteiger partial charge in [-0.3, -0.25) is 4.79 Å². The molecular formula is C12H18N4O3. The van der Waals surface area contributed by atoms with Crippen molar-refractivity contribution in [1.82, 2.24) is 15.3 Å². The molecule has 0 radical (unpaired) electrons. The van der Waals surface area contributed by atoms with Crippen LogP contribution in [0.4, 0.5) is 5.82 Å². The Kier molecular flexibility index (Phi) is 5.72. The molecule has 0 aliphatic rings. The summed E-state index contributed by atoms with van der Waals surface area (Å²) in [6, 6.07) is 0.131. The van der Waals surface area contributed by atoms with Crippen LogP contribution in [-0.2, 0) is 9.53 Å². The SMILES string of the molecule is COC(=O)c1cnc(NCCC(=O)NC(C)C)cn1. The molecule has 0 aliphatic carbocycles. The van der Waals surface area contributed by atoms with E-state index in [0.29, 0.717) is 18.8 Å². The third-order valence-corrected chi connectivity index (χ3v) is 2.15. The maximum Gasteiger partial charge on any atom is 0.358 e. The molecule has 0 bridgehead atoms. The van der Waals surface area contributed by atoms with Crippen molar-refractivity contribution in [3.05, 3.63) is 18.1 Å². The van der Waals surface area contributed by atoms with Gasteiger partial charge in [-0.05, 0) is 13.8 Å². The van der Waals surface area contributed by atoms with Gasteiger partial charge in [-0.2, -0.15) is 0 Å². The van der Waals surface area contributed by atoms with Gasteiger partial charge in [0.1, 0.15) is 5.82 Å². The molecule has 0 saturated carbocycles. The number of hydrogen-bond donors (Lipinski definition) is 2. The zero-order valence-electron chi connectivity index (χ0n) is 11.3. The van der Waals surface area contributed by atoms with Crippen molar-refractivity contribution in [2.24, 2.45) is 0 Å². The summed E-state index contributed by atoms with van der Waals surface area (Å²) in [6.45, 7) is 4.26. The Balaban J connectivity index is 2.38. The minimum Gasteiger partial charge on any atom is -0.464 e. The molecule has 1 heterocycles. The summed E-state index contributed by atoms with van der Waals surface area (Å²) >= 11 is 0. The number of rotatable bonds is 6. The third kappa shape index (κ3) is 5.33. The Hall–Kier alpha value is -2.18. The predicted octanol–water partition coefficient (Wildman–Crippen LogP) is 0.590. The number of carbonyl (C=O) groups excluding carboxylic acids is 2. The van der Waals surface area contributed by atoms with Gasteiger partial charge in [0.25, 0.3) is 0 Å². The van der Waals surface area contributed by atoms with Crippen LogP contribution in [0.25, 0.3) is 0 Å². The number of nitrogens with zero attached hydrogens (tertiary/aromatic N) is 2. The Morgan fingerprint density at radius 3 is 2.58 bits per heavy atom. The van der Waals surface area contributed by atoms with Gasteiger partial charge in [0, 0.05) is 19.0 Å². The highest BCUT2D eigenvalue weighted by atomic mass is 16.5. The zero-order valence-corrected chi connectivity index (χ0v) is 11.3. The van der Waals surface area contributed by atoms with Crippen LogP contribution < -0.4 is 10.6 Å². The molecule has 1 amide bonds. The van der Waals surface area contributed by atoms with Gasteiger partial charge in [0.05, 0.1) is 19.5 Å². The lowest BCUT2D eigenvalue weighted by Crippen LogP contribution is -2.31. The van der Waals surface area contributed by atoms with E-state index in [9.17, 15) is 9.59 Å². The standard InChI is InChI=1S/C12H18N4O3/c1-8(2)16-11(17)4-5-13-10-7-14-9(6-15-10)12(18)19-3/h6-8H,4-5H2,1-3H3,(H,13,15)(H,16,17). The van der Waals surface area contributed by atoms with Crippen molar-refractivity contribution < 1.29 is 14.3 Å². The van der Waals surface area contributed by atoms with Crippen LogP contribution in [-0.4, -0.2) is 41.5 Å². The van der Waals surface area contributed by atoms with Crippen LogP contribution in [0, 0.1) is 0 Å². The van der Waals surface area contributed by atoms with Crippen LogP contribution in [0.1, 0.15) is 30.8 Å². The van der Waals surface area contributed by atoms with E-state index in [4.69, 9.17) is 0 Å². The Bertz CT molecular complexity index is 431. The van der Waals surface area contributed by atoms with Crippen molar-refractivity contribution in [3.63, 3.8) is 0 Å². The van der Waals surface area contributed by atoms with Crippen LogP contribution in [0.5, 0.6) is 0 Å². The first kappa shape index (κ1) is 14.9. The molecule has 0 spiro atoms. The van der Waals surface area contributed by atoms with E-state index in [1.165, 1.54) is 19.5 Å². The number of amides is 1. The van der Waals surface area contributed by atoms with Crippen LogP contribution in [0.2, 0.25) is 0 Å². The van der Waals surface area contributed by atoms with E-state index < -0.39 is 5.97 Å². The highest BCUT2D eigenvalue weighted by molar-refractivity contribution is 5.86. The van der Waals surface area contributed by atoms with Gasteiger partial charge in [0.15, 0.2) is 5.69 Å². The summed E-state index contributed by atoms with van der Waals surface area (Å²) in [4.78, 5) is 30.4. The molecule has 0 fully saturated rings. The minimum absolute atomic E-state index is 0.0263. The topological polar surface area (TPSA) is 93.2 Å². The van der Waals surface area contributed by atoms with E-state index >= 15 is 0 Å². The molecule has 7 nitrogen and oxygen atoms in total. The van der Waals surface area contributed by atoms with E-state index in [-0.39, 0.29) is 17.6 Å². The molecule has 1 aromatic heterocycles. The number of ether oxygens (including phenoxy) is 1. The lowest BCUT2D eigenvalue weighted by molar-refractivity contribution is -0.121. The number of methoxy groups -OCH3 is 1. The van der Waals surface area contributed by atoms with Crippen LogP contribution >= 0.6 is 0 Å². The molecule has 0 unspecified atom stereocenters. The largest absolute Gasteiger partial charge is 0.464 e. The van der Waals surface area contributed by atoms with E-state index in [1.54, 1.807) is 0 Å². The average Bonchev–Trinajstić information content (AvgIpc) is 2.37. The fraction of sp³-hybridized carbons (Fsp3) is 0.500. The third-order valence-electron chi connectivity index (χ3n) is 2.15. The molecule has 19 heavy (non-hydrogen) atoms. The molecule has 7 heteroatoms. The maximum atomic E-state index is 11.4. The zero-order chi connectivity index (χ0) is 14.3. The molecule has 0 aromatic carbocycles. The Morgan fingerprint density at radius 2 is 2.05 bits per heavy atom. The smallest absolute Gasteiger partial charge is 0.358 e. The lowest BCUT2D eigenvalue weighted by atomic mass is 10.3. The average molecular weight is 266 g/mol. The van der Waals surface area contributed by atoms with E-state index in [0.717, 1.165) is 0 Å². The van der Waals surface area contributed by atoms with Gasteiger partial charge >= 0.3 is 5.97 Å². The summed E-state index contributed by atoms with van der Waals surface area (Å²) < 4.78 is 4.51. The second kappa shape index (κ2) is 7.30. The summed E-state index contributed by atoms with van der Waals surface area (Å²) in [7, 11) is 1.28. The van der Waals surface area contributed by atoms with Gasteiger partial charge in [-0.15, -0.1) is 0 Å². The highest BCUT2D eigenvalue weighted by Crippen LogP contribution is 2.02. The molecule has 1 aromatic rings. The number of nitrogens with one attached hydrogen (secondary N) is 2.